The van der Waals surface area contributed by atoms with E-state index in [1.54, 1.807) is 36.4 Å². The molecule has 1 aromatic heterocycles. The van der Waals surface area contributed by atoms with Crippen LogP contribution in [-0.2, 0) is 6.54 Å². The summed E-state index contributed by atoms with van der Waals surface area (Å²) in [5, 5.41) is 11.2. The molecule has 0 aliphatic carbocycles. The second kappa shape index (κ2) is 5.31. The summed E-state index contributed by atoms with van der Waals surface area (Å²) in [6.45, 7) is 0.281. The van der Waals surface area contributed by atoms with E-state index in [0.717, 1.165) is 5.56 Å². The van der Waals surface area contributed by atoms with Gasteiger partial charge in [0, 0.05) is 12.1 Å². The van der Waals surface area contributed by atoms with Crippen molar-refractivity contribution in [2.45, 2.75) is 6.54 Å². The fourth-order valence-corrected chi connectivity index (χ4v) is 2.62. The van der Waals surface area contributed by atoms with Crippen molar-refractivity contribution in [1.29, 1.82) is 0 Å². The van der Waals surface area contributed by atoms with Crippen LogP contribution >= 0.6 is 0 Å². The van der Waals surface area contributed by atoms with Crippen LogP contribution in [0.2, 0.25) is 0 Å². The Morgan fingerprint density at radius 3 is 2.67 bits per heavy atom. The van der Waals surface area contributed by atoms with Crippen LogP contribution in [0.15, 0.2) is 59.1 Å². The molecule has 7 nitrogen and oxygen atoms in total. The number of allylic oxidation sites excluding steroid dienone is 1. The molecule has 24 heavy (non-hydrogen) atoms. The van der Waals surface area contributed by atoms with Gasteiger partial charge in [0.15, 0.2) is 0 Å². The number of non-ortho nitro benzene ring substituents is 1. The van der Waals surface area contributed by atoms with Gasteiger partial charge in [-0.2, -0.15) is 4.98 Å². The van der Waals surface area contributed by atoms with Crippen LogP contribution in [0, 0.1) is 10.1 Å². The van der Waals surface area contributed by atoms with E-state index >= 15 is 0 Å². The number of aromatic nitrogens is 2. The van der Waals surface area contributed by atoms with Gasteiger partial charge in [0.05, 0.1) is 22.4 Å². The second-order valence-electron chi connectivity index (χ2n) is 5.36. The molecule has 2 aromatic carbocycles. The first-order chi connectivity index (χ1) is 11.6. The minimum absolute atomic E-state index is 0.0249. The minimum atomic E-state index is -0.451. The first-order valence-electron chi connectivity index (χ1n) is 7.24. The highest BCUT2D eigenvalue weighted by Crippen LogP contribution is 2.24. The maximum absolute atomic E-state index is 12.5. The molecule has 0 saturated heterocycles. The molecule has 1 aliphatic rings. The molecule has 0 spiro atoms. The molecule has 0 bridgehead atoms. The lowest BCUT2D eigenvalue weighted by molar-refractivity contribution is -0.384. The smallest absolute Gasteiger partial charge is 0.305 e. The Morgan fingerprint density at radius 1 is 1.17 bits per heavy atom. The monoisotopic (exact) mass is 321 g/mol. The van der Waals surface area contributed by atoms with Crippen molar-refractivity contribution in [3.63, 3.8) is 0 Å². The summed E-state index contributed by atoms with van der Waals surface area (Å²) in [6, 6.07) is 13.5. The molecule has 0 N–H and O–H groups in total. The Hall–Kier alpha value is -3.48. The van der Waals surface area contributed by atoms with Crippen molar-refractivity contribution in [2.24, 2.45) is 0 Å². The third-order valence-corrected chi connectivity index (χ3v) is 3.79. The maximum atomic E-state index is 12.5. The molecule has 4 rings (SSSR count). The van der Waals surface area contributed by atoms with Crippen LogP contribution in [0.4, 0.5) is 5.69 Å². The van der Waals surface area contributed by atoms with E-state index in [-0.39, 0.29) is 23.8 Å². The molecule has 0 unspecified atom stereocenters. The second-order valence-corrected chi connectivity index (χ2v) is 5.36. The number of nitro benzene ring substituents is 1. The van der Waals surface area contributed by atoms with E-state index < -0.39 is 4.92 Å². The van der Waals surface area contributed by atoms with Gasteiger partial charge in [-0.1, -0.05) is 12.1 Å². The van der Waals surface area contributed by atoms with E-state index in [1.165, 1.54) is 16.7 Å². The summed E-state index contributed by atoms with van der Waals surface area (Å²) >= 11 is 0. The maximum Gasteiger partial charge on any atom is 0.305 e. The molecule has 2 heterocycles. The van der Waals surface area contributed by atoms with Gasteiger partial charge >= 0.3 is 6.01 Å². The van der Waals surface area contributed by atoms with E-state index in [2.05, 4.69) is 4.98 Å². The number of nitro groups is 1. The van der Waals surface area contributed by atoms with E-state index in [0.29, 0.717) is 16.7 Å². The zero-order chi connectivity index (χ0) is 16.7. The van der Waals surface area contributed by atoms with Crippen LogP contribution in [0.5, 0.6) is 6.01 Å². The fraction of sp³-hybridized carbons (Fsp3) is 0.0588. The van der Waals surface area contributed by atoms with Gasteiger partial charge in [-0.3, -0.25) is 19.5 Å². The number of nitrogens with zero attached hydrogens (tertiary/aromatic N) is 3. The molecule has 0 amide bonds. The molecule has 7 heteroatoms. The van der Waals surface area contributed by atoms with Gasteiger partial charge in [0.1, 0.15) is 5.76 Å². The molecule has 0 atom stereocenters. The van der Waals surface area contributed by atoms with Crippen molar-refractivity contribution >= 4 is 22.7 Å². The van der Waals surface area contributed by atoms with E-state index in [1.807, 2.05) is 6.07 Å². The lowest BCUT2D eigenvalue weighted by atomic mass is 10.2. The van der Waals surface area contributed by atoms with Gasteiger partial charge in [-0.15, -0.1) is 0 Å². The summed E-state index contributed by atoms with van der Waals surface area (Å²) < 4.78 is 7.13. The summed E-state index contributed by atoms with van der Waals surface area (Å²) in [4.78, 5) is 27.1. The number of hydrogen-bond donors (Lipinski definition) is 0. The standard InChI is InChI=1S/C17H11N3O4/c21-16-14-3-1-2-4-15(14)18-17-19(16)10-13(24-17)9-11-5-7-12(8-6-11)20(22)23/h1-9H,10H2/b13-9-. The zero-order valence-corrected chi connectivity index (χ0v) is 12.4. The molecular weight excluding hydrogens is 310 g/mol. The van der Waals surface area contributed by atoms with Crippen molar-refractivity contribution in [2.75, 3.05) is 0 Å². The molecule has 0 radical (unpaired) electrons. The molecule has 0 fully saturated rings. The zero-order valence-electron chi connectivity index (χ0n) is 12.4. The number of benzene rings is 2. The highest BCUT2D eigenvalue weighted by molar-refractivity contribution is 5.77. The number of ether oxygens (including phenoxy) is 1. The van der Waals surface area contributed by atoms with Crippen LogP contribution in [0.1, 0.15) is 5.56 Å². The molecule has 0 saturated carbocycles. The predicted octanol–water partition coefficient (Wildman–Crippen LogP) is 2.74. The van der Waals surface area contributed by atoms with Crippen molar-refractivity contribution in [1.82, 2.24) is 9.55 Å². The average molecular weight is 321 g/mol. The molecule has 3 aromatic rings. The minimum Gasteiger partial charge on any atom is -0.428 e. The van der Waals surface area contributed by atoms with Gasteiger partial charge in [0.2, 0.25) is 0 Å². The van der Waals surface area contributed by atoms with Crippen molar-refractivity contribution in [3.05, 3.63) is 80.3 Å². The quantitative estimate of drug-likeness (QED) is 0.535. The lowest BCUT2D eigenvalue weighted by Gasteiger charge is -2.01. The highest BCUT2D eigenvalue weighted by Gasteiger charge is 2.21. The van der Waals surface area contributed by atoms with Crippen LogP contribution < -0.4 is 10.3 Å². The fourth-order valence-electron chi connectivity index (χ4n) is 2.62. The molecule has 118 valence electrons. The number of para-hydroxylation sites is 1. The summed E-state index contributed by atoms with van der Waals surface area (Å²) in [5.74, 6) is 0.559. The summed E-state index contributed by atoms with van der Waals surface area (Å²) in [5.41, 5.74) is 1.21. The average Bonchev–Trinajstić information content (AvgIpc) is 2.98. The van der Waals surface area contributed by atoms with Crippen LogP contribution in [0.25, 0.3) is 17.0 Å². The van der Waals surface area contributed by atoms with Gasteiger partial charge < -0.3 is 4.74 Å². The number of hydrogen-bond acceptors (Lipinski definition) is 5. The Morgan fingerprint density at radius 2 is 1.92 bits per heavy atom. The van der Waals surface area contributed by atoms with Crippen LogP contribution in [0.3, 0.4) is 0 Å². The van der Waals surface area contributed by atoms with E-state index in [4.69, 9.17) is 4.74 Å². The third-order valence-electron chi connectivity index (χ3n) is 3.79. The molecular formula is C17H11N3O4. The Labute approximate surface area is 135 Å². The topological polar surface area (TPSA) is 87.3 Å². The Kier molecular flexibility index (Phi) is 3.13. The largest absolute Gasteiger partial charge is 0.428 e. The van der Waals surface area contributed by atoms with Gasteiger partial charge in [-0.25, -0.2) is 0 Å². The Bertz CT molecular complexity index is 1050. The Balaban J connectivity index is 1.70. The van der Waals surface area contributed by atoms with Crippen LogP contribution in [-0.4, -0.2) is 14.5 Å². The predicted molar refractivity (Wildman–Crippen MR) is 87.7 cm³/mol. The van der Waals surface area contributed by atoms with Crippen molar-refractivity contribution < 1.29 is 9.66 Å². The van der Waals surface area contributed by atoms with E-state index in [9.17, 15) is 14.9 Å². The van der Waals surface area contributed by atoms with Crippen molar-refractivity contribution in [3.8, 4) is 6.01 Å². The first-order valence-corrected chi connectivity index (χ1v) is 7.24. The van der Waals surface area contributed by atoms with Gasteiger partial charge in [-0.05, 0) is 35.9 Å². The first kappa shape index (κ1) is 14.1. The molecule has 1 aliphatic heterocycles. The number of fused-ring (bicyclic) bond motifs is 2. The highest BCUT2D eigenvalue weighted by atomic mass is 16.6. The lowest BCUT2D eigenvalue weighted by Crippen LogP contribution is -2.18. The summed E-state index contributed by atoms with van der Waals surface area (Å²) in [7, 11) is 0. The van der Waals surface area contributed by atoms with Gasteiger partial charge in [0.25, 0.3) is 11.2 Å². The SMILES string of the molecule is O=c1c2ccccc2nc2n1C/C(=C/c1ccc([N+](=O)[O-])cc1)O2. The summed E-state index contributed by atoms with van der Waals surface area (Å²) in [6.07, 6.45) is 1.74. The number of rotatable bonds is 2. The third kappa shape index (κ3) is 2.32. The normalized spacial score (nSPS) is 14.6.